The molecule has 0 bridgehead atoms. The number of imidazole rings is 1. The maximum Gasteiger partial charge on any atom is 0.274 e. The minimum Gasteiger partial charge on any atom is -0.495 e. The van der Waals surface area contributed by atoms with Gasteiger partial charge in [-0.15, -0.1) is 0 Å². The molecule has 1 aliphatic heterocycles. The molecule has 6 heteroatoms. The molecular formula is C21H24N4O2. The Kier molecular flexibility index (Phi) is 4.71. The Morgan fingerprint density at radius 2 is 1.81 bits per heavy atom. The van der Waals surface area contributed by atoms with Crippen molar-refractivity contribution in [3.05, 3.63) is 60.2 Å². The standard InChI is InChI=1S/C21H24N4O2/c1-3-19-22-20(17-9-6-7-11-25(17)19)21(26)24-14-12-23(13-15-24)16-8-4-5-10-18(16)27-2/h4-11H,3,12-15H2,1-2H3. The predicted octanol–water partition coefficient (Wildman–Crippen LogP) is 2.87. The number of hydrogen-bond donors (Lipinski definition) is 0. The number of aromatic nitrogens is 2. The van der Waals surface area contributed by atoms with Crippen molar-refractivity contribution in [3.63, 3.8) is 0 Å². The molecule has 0 aliphatic carbocycles. The van der Waals surface area contributed by atoms with E-state index in [0.29, 0.717) is 18.8 Å². The number of para-hydroxylation sites is 2. The first kappa shape index (κ1) is 17.4. The Bertz CT molecular complexity index is 958. The lowest BCUT2D eigenvalue weighted by molar-refractivity contribution is 0.0743. The highest BCUT2D eigenvalue weighted by molar-refractivity contribution is 5.99. The Labute approximate surface area is 159 Å². The minimum absolute atomic E-state index is 0.0121. The third-order valence-corrected chi connectivity index (χ3v) is 5.13. The number of methoxy groups -OCH3 is 1. The Balaban J connectivity index is 1.53. The van der Waals surface area contributed by atoms with Gasteiger partial charge in [-0.05, 0) is 24.3 Å². The zero-order valence-electron chi connectivity index (χ0n) is 15.8. The number of carbonyl (C=O) groups excluding carboxylic acids is 1. The molecule has 3 aromatic rings. The van der Waals surface area contributed by atoms with Gasteiger partial charge in [-0.2, -0.15) is 0 Å². The Morgan fingerprint density at radius 1 is 1.07 bits per heavy atom. The summed E-state index contributed by atoms with van der Waals surface area (Å²) < 4.78 is 7.48. The van der Waals surface area contributed by atoms with Crippen molar-refractivity contribution in [2.75, 3.05) is 38.2 Å². The summed E-state index contributed by atoms with van der Waals surface area (Å²) in [6.45, 7) is 4.95. The summed E-state index contributed by atoms with van der Waals surface area (Å²) in [6.07, 6.45) is 2.76. The molecule has 0 saturated carbocycles. The minimum atomic E-state index is 0.0121. The van der Waals surface area contributed by atoms with Crippen LogP contribution in [0.1, 0.15) is 23.2 Å². The molecule has 2 aromatic heterocycles. The predicted molar refractivity (Wildman–Crippen MR) is 106 cm³/mol. The van der Waals surface area contributed by atoms with Gasteiger partial charge in [-0.25, -0.2) is 4.98 Å². The fraction of sp³-hybridized carbons (Fsp3) is 0.333. The van der Waals surface area contributed by atoms with Crippen LogP contribution in [0.15, 0.2) is 48.7 Å². The monoisotopic (exact) mass is 364 g/mol. The number of pyridine rings is 1. The van der Waals surface area contributed by atoms with Gasteiger partial charge in [0, 0.05) is 38.8 Å². The lowest BCUT2D eigenvalue weighted by atomic mass is 10.2. The van der Waals surface area contributed by atoms with E-state index in [1.165, 1.54) is 0 Å². The van der Waals surface area contributed by atoms with Crippen LogP contribution < -0.4 is 9.64 Å². The second-order valence-corrected chi connectivity index (χ2v) is 6.64. The van der Waals surface area contributed by atoms with Crippen molar-refractivity contribution < 1.29 is 9.53 Å². The smallest absolute Gasteiger partial charge is 0.274 e. The topological polar surface area (TPSA) is 50.1 Å². The molecule has 1 aliphatic rings. The highest BCUT2D eigenvalue weighted by Crippen LogP contribution is 2.28. The molecule has 27 heavy (non-hydrogen) atoms. The largest absolute Gasteiger partial charge is 0.495 e. The van der Waals surface area contributed by atoms with Gasteiger partial charge in [-0.1, -0.05) is 25.1 Å². The molecule has 1 saturated heterocycles. The van der Waals surface area contributed by atoms with Gasteiger partial charge in [0.2, 0.25) is 0 Å². The van der Waals surface area contributed by atoms with Gasteiger partial charge >= 0.3 is 0 Å². The van der Waals surface area contributed by atoms with E-state index in [0.717, 1.165) is 42.3 Å². The third kappa shape index (κ3) is 3.12. The van der Waals surface area contributed by atoms with E-state index in [9.17, 15) is 4.79 Å². The molecule has 1 aromatic carbocycles. The van der Waals surface area contributed by atoms with Crippen LogP contribution in [0.3, 0.4) is 0 Å². The van der Waals surface area contributed by atoms with Gasteiger partial charge in [0.05, 0.1) is 18.3 Å². The fourth-order valence-electron chi connectivity index (χ4n) is 3.70. The third-order valence-electron chi connectivity index (χ3n) is 5.13. The van der Waals surface area contributed by atoms with E-state index in [1.54, 1.807) is 7.11 Å². The summed E-state index contributed by atoms with van der Waals surface area (Å²) in [5.74, 6) is 1.80. The van der Waals surface area contributed by atoms with Crippen molar-refractivity contribution in [1.82, 2.24) is 14.3 Å². The highest BCUT2D eigenvalue weighted by atomic mass is 16.5. The summed E-state index contributed by atoms with van der Waals surface area (Å²) in [5, 5.41) is 0. The number of nitrogens with zero attached hydrogens (tertiary/aromatic N) is 4. The first-order chi connectivity index (χ1) is 13.2. The SMILES string of the molecule is CCc1nc(C(=O)N2CCN(c3ccccc3OC)CC2)c2ccccn12. The second-order valence-electron chi connectivity index (χ2n) is 6.64. The normalized spacial score (nSPS) is 14.6. The molecule has 0 atom stereocenters. The molecule has 140 valence electrons. The lowest BCUT2D eigenvalue weighted by Gasteiger charge is -2.36. The summed E-state index contributed by atoms with van der Waals surface area (Å²) in [7, 11) is 1.69. The average molecular weight is 364 g/mol. The number of anilines is 1. The van der Waals surface area contributed by atoms with Crippen LogP contribution in [0.4, 0.5) is 5.69 Å². The highest BCUT2D eigenvalue weighted by Gasteiger charge is 2.26. The van der Waals surface area contributed by atoms with Crippen molar-refractivity contribution >= 4 is 17.1 Å². The summed E-state index contributed by atoms with van der Waals surface area (Å²) in [4.78, 5) is 21.9. The molecule has 0 unspecified atom stereocenters. The van der Waals surface area contributed by atoms with Crippen LogP contribution >= 0.6 is 0 Å². The zero-order chi connectivity index (χ0) is 18.8. The lowest BCUT2D eigenvalue weighted by Crippen LogP contribution is -2.49. The summed E-state index contributed by atoms with van der Waals surface area (Å²) in [5.41, 5.74) is 2.51. The first-order valence-electron chi connectivity index (χ1n) is 9.36. The molecule has 0 N–H and O–H groups in total. The van der Waals surface area contributed by atoms with Crippen LogP contribution in [0.25, 0.3) is 5.52 Å². The number of rotatable bonds is 4. The maximum atomic E-state index is 13.1. The Morgan fingerprint density at radius 3 is 2.56 bits per heavy atom. The van der Waals surface area contributed by atoms with Crippen molar-refractivity contribution in [3.8, 4) is 5.75 Å². The van der Waals surface area contributed by atoms with Gasteiger partial charge in [0.25, 0.3) is 5.91 Å². The van der Waals surface area contributed by atoms with Crippen molar-refractivity contribution in [2.45, 2.75) is 13.3 Å². The van der Waals surface area contributed by atoms with Gasteiger partial charge in [-0.3, -0.25) is 4.79 Å². The Hall–Kier alpha value is -3.02. The van der Waals surface area contributed by atoms with Crippen molar-refractivity contribution in [2.24, 2.45) is 0 Å². The average Bonchev–Trinajstić information content (AvgIpc) is 3.12. The van der Waals surface area contributed by atoms with E-state index in [2.05, 4.69) is 22.9 Å². The van der Waals surface area contributed by atoms with E-state index in [-0.39, 0.29) is 5.91 Å². The van der Waals surface area contributed by atoms with Gasteiger partial charge in [0.15, 0.2) is 5.69 Å². The number of hydrogen-bond acceptors (Lipinski definition) is 4. The quantitative estimate of drug-likeness (QED) is 0.714. The van der Waals surface area contributed by atoms with Crippen LogP contribution in [-0.4, -0.2) is 53.5 Å². The molecule has 0 radical (unpaired) electrons. The van der Waals surface area contributed by atoms with E-state index in [4.69, 9.17) is 4.74 Å². The molecule has 1 fully saturated rings. The summed E-state index contributed by atoms with van der Waals surface area (Å²) in [6, 6.07) is 13.9. The van der Waals surface area contributed by atoms with Crippen LogP contribution in [0.2, 0.25) is 0 Å². The molecular weight excluding hydrogens is 340 g/mol. The van der Waals surface area contributed by atoms with E-state index >= 15 is 0 Å². The van der Waals surface area contributed by atoms with E-state index in [1.807, 2.05) is 51.9 Å². The second kappa shape index (κ2) is 7.31. The molecule has 6 nitrogen and oxygen atoms in total. The summed E-state index contributed by atoms with van der Waals surface area (Å²) >= 11 is 0. The fourth-order valence-corrected chi connectivity index (χ4v) is 3.70. The number of benzene rings is 1. The number of amides is 1. The zero-order valence-corrected chi connectivity index (χ0v) is 15.8. The molecule has 4 rings (SSSR count). The van der Waals surface area contributed by atoms with Crippen LogP contribution in [0, 0.1) is 0 Å². The van der Waals surface area contributed by atoms with Crippen LogP contribution in [-0.2, 0) is 6.42 Å². The van der Waals surface area contributed by atoms with E-state index < -0.39 is 0 Å². The first-order valence-corrected chi connectivity index (χ1v) is 9.36. The number of ether oxygens (including phenoxy) is 1. The maximum absolute atomic E-state index is 13.1. The van der Waals surface area contributed by atoms with Crippen molar-refractivity contribution in [1.29, 1.82) is 0 Å². The van der Waals surface area contributed by atoms with Crippen LogP contribution in [0.5, 0.6) is 5.75 Å². The molecule has 0 spiro atoms. The molecule has 3 heterocycles. The number of aryl methyl sites for hydroxylation is 1. The number of fused-ring (bicyclic) bond motifs is 1. The van der Waals surface area contributed by atoms with Gasteiger partial charge in [0.1, 0.15) is 11.6 Å². The van der Waals surface area contributed by atoms with Gasteiger partial charge < -0.3 is 18.9 Å². The number of piperazine rings is 1. The number of carbonyl (C=O) groups is 1. The molecule has 1 amide bonds.